The van der Waals surface area contributed by atoms with E-state index in [4.69, 9.17) is 5.73 Å². The average Bonchev–Trinajstić information content (AvgIpc) is 3.09. The zero-order chi connectivity index (χ0) is 17.1. The number of nitrogen functional groups attached to an aromatic ring is 1. The number of nitrogens with one attached hydrogen (secondary N) is 1. The lowest BCUT2D eigenvalue weighted by molar-refractivity contribution is -0.142. The van der Waals surface area contributed by atoms with Crippen molar-refractivity contribution in [2.24, 2.45) is 0 Å². The van der Waals surface area contributed by atoms with Crippen molar-refractivity contribution in [3.05, 3.63) is 42.1 Å². The molecule has 0 spiro atoms. The Morgan fingerprint density at radius 1 is 1.21 bits per heavy atom. The molecule has 0 radical (unpaired) electrons. The number of halogens is 4. The minimum Gasteiger partial charge on any atom is -0.382 e. The fraction of sp³-hybridized carbons (Fsp3) is 0.0714. The highest BCUT2D eigenvalue weighted by molar-refractivity contribution is 5.91. The molecule has 0 bridgehead atoms. The van der Waals surface area contributed by atoms with E-state index in [1.54, 1.807) is 0 Å². The number of aromatic nitrogens is 5. The maximum Gasteiger partial charge on any atom is 0.433 e. The summed E-state index contributed by atoms with van der Waals surface area (Å²) in [5.74, 6) is -0.774. The van der Waals surface area contributed by atoms with Crippen LogP contribution in [0.15, 0.2) is 30.6 Å². The largest absolute Gasteiger partial charge is 0.433 e. The van der Waals surface area contributed by atoms with Crippen LogP contribution in [-0.4, -0.2) is 24.6 Å². The lowest BCUT2D eigenvalue weighted by atomic mass is 10.2. The van der Waals surface area contributed by atoms with Crippen molar-refractivity contribution in [1.29, 1.82) is 0 Å². The van der Waals surface area contributed by atoms with Crippen LogP contribution in [0.25, 0.3) is 27.9 Å². The van der Waals surface area contributed by atoms with Crippen molar-refractivity contribution in [3.63, 3.8) is 0 Å². The Hall–Kier alpha value is -3.17. The number of nitrogens with two attached hydrogens (primary N) is 1. The summed E-state index contributed by atoms with van der Waals surface area (Å²) in [5, 5.41) is 4.26. The van der Waals surface area contributed by atoms with E-state index in [-0.39, 0.29) is 17.2 Å². The fourth-order valence-electron chi connectivity index (χ4n) is 2.51. The summed E-state index contributed by atoms with van der Waals surface area (Å²) in [6.45, 7) is 0. The van der Waals surface area contributed by atoms with Crippen LogP contribution in [0.5, 0.6) is 0 Å². The molecule has 122 valence electrons. The van der Waals surface area contributed by atoms with Crippen LogP contribution in [0.3, 0.4) is 0 Å². The molecule has 10 heteroatoms. The monoisotopic (exact) mass is 336 g/mol. The van der Waals surface area contributed by atoms with Gasteiger partial charge in [-0.15, -0.1) is 5.10 Å². The Bertz CT molecular complexity index is 1080. The van der Waals surface area contributed by atoms with Crippen molar-refractivity contribution >= 4 is 22.4 Å². The number of hydrogen-bond donors (Lipinski definition) is 2. The standard InChI is InChI=1S/C14H8F4N6/c15-6-3-7-8(5-21-12(7)20-4-6)13-22-11(19)9-1-2-10(14(16,17)18)24(9)23-13/h1-5H,(H,20,21)(H2,19,22,23). The van der Waals surface area contributed by atoms with Crippen molar-refractivity contribution in [1.82, 2.24) is 24.6 Å². The second kappa shape index (κ2) is 4.66. The van der Waals surface area contributed by atoms with E-state index in [2.05, 4.69) is 20.1 Å². The van der Waals surface area contributed by atoms with Gasteiger partial charge in [0.25, 0.3) is 0 Å². The van der Waals surface area contributed by atoms with Gasteiger partial charge in [-0.05, 0) is 18.2 Å². The molecule has 6 nitrogen and oxygen atoms in total. The first-order chi connectivity index (χ1) is 11.3. The van der Waals surface area contributed by atoms with Gasteiger partial charge in [0.2, 0.25) is 0 Å². The van der Waals surface area contributed by atoms with Crippen molar-refractivity contribution < 1.29 is 17.6 Å². The summed E-state index contributed by atoms with van der Waals surface area (Å²) in [5.41, 5.74) is 5.47. The quantitative estimate of drug-likeness (QED) is 0.523. The molecule has 0 unspecified atom stereocenters. The van der Waals surface area contributed by atoms with E-state index in [1.807, 2.05) is 0 Å². The van der Waals surface area contributed by atoms with E-state index in [0.29, 0.717) is 21.1 Å². The predicted octanol–water partition coefficient (Wildman–Crippen LogP) is 3.01. The van der Waals surface area contributed by atoms with Crippen LogP contribution >= 0.6 is 0 Å². The highest BCUT2D eigenvalue weighted by Gasteiger charge is 2.35. The molecule has 0 saturated carbocycles. The van der Waals surface area contributed by atoms with Gasteiger partial charge in [0.15, 0.2) is 11.6 Å². The van der Waals surface area contributed by atoms with Crippen LogP contribution in [0.4, 0.5) is 23.4 Å². The second-order valence-electron chi connectivity index (χ2n) is 5.09. The second-order valence-corrected chi connectivity index (χ2v) is 5.09. The number of rotatable bonds is 1. The summed E-state index contributed by atoms with van der Waals surface area (Å²) in [4.78, 5) is 10.7. The highest BCUT2D eigenvalue weighted by atomic mass is 19.4. The lowest BCUT2D eigenvalue weighted by Gasteiger charge is -2.08. The molecule has 0 fully saturated rings. The smallest absolute Gasteiger partial charge is 0.382 e. The van der Waals surface area contributed by atoms with Crippen molar-refractivity contribution in [2.75, 3.05) is 5.73 Å². The summed E-state index contributed by atoms with van der Waals surface area (Å²) < 4.78 is 53.3. The molecule has 4 heterocycles. The third-order valence-electron chi connectivity index (χ3n) is 3.57. The summed E-state index contributed by atoms with van der Waals surface area (Å²) in [6, 6.07) is 3.26. The zero-order valence-corrected chi connectivity index (χ0v) is 11.8. The highest BCUT2D eigenvalue weighted by Crippen LogP contribution is 2.33. The number of aromatic amines is 1. The Labute approximate surface area is 130 Å². The van der Waals surface area contributed by atoms with Gasteiger partial charge in [0.05, 0.1) is 6.20 Å². The normalized spacial score (nSPS) is 12.3. The first-order valence-electron chi connectivity index (χ1n) is 6.70. The van der Waals surface area contributed by atoms with Crippen LogP contribution in [0, 0.1) is 5.82 Å². The SMILES string of the molecule is Nc1nc(-c2c[nH]c3ncc(F)cc23)nn2c(C(F)(F)F)ccc12. The molecule has 4 aromatic rings. The fourth-order valence-corrected chi connectivity index (χ4v) is 2.51. The molecule has 0 aliphatic rings. The van der Waals surface area contributed by atoms with Gasteiger partial charge >= 0.3 is 6.18 Å². The molecule has 0 amide bonds. The Morgan fingerprint density at radius 3 is 2.75 bits per heavy atom. The number of hydrogen-bond acceptors (Lipinski definition) is 4. The number of H-pyrrole nitrogens is 1. The number of nitrogens with zero attached hydrogens (tertiary/aromatic N) is 4. The lowest BCUT2D eigenvalue weighted by Crippen LogP contribution is -2.12. The number of alkyl halides is 3. The van der Waals surface area contributed by atoms with Gasteiger partial charge in [-0.1, -0.05) is 0 Å². The molecule has 4 rings (SSSR count). The maximum absolute atomic E-state index is 13.4. The molecular formula is C14H8F4N6. The van der Waals surface area contributed by atoms with E-state index < -0.39 is 17.7 Å². The minimum absolute atomic E-state index is 0.0372. The van der Waals surface area contributed by atoms with Gasteiger partial charge in [-0.3, -0.25) is 0 Å². The van der Waals surface area contributed by atoms with Crippen LogP contribution in [-0.2, 0) is 6.18 Å². The van der Waals surface area contributed by atoms with E-state index in [0.717, 1.165) is 12.3 Å². The van der Waals surface area contributed by atoms with Gasteiger partial charge in [-0.25, -0.2) is 18.9 Å². The van der Waals surface area contributed by atoms with Crippen molar-refractivity contribution in [3.8, 4) is 11.4 Å². The minimum atomic E-state index is -4.60. The molecular weight excluding hydrogens is 328 g/mol. The molecule has 0 saturated heterocycles. The van der Waals surface area contributed by atoms with Crippen LogP contribution in [0.2, 0.25) is 0 Å². The van der Waals surface area contributed by atoms with E-state index in [9.17, 15) is 17.6 Å². The third-order valence-corrected chi connectivity index (χ3v) is 3.57. The van der Waals surface area contributed by atoms with Gasteiger partial charge < -0.3 is 10.7 Å². The molecule has 0 aliphatic carbocycles. The molecule has 0 aromatic carbocycles. The van der Waals surface area contributed by atoms with Gasteiger partial charge in [-0.2, -0.15) is 13.2 Å². The maximum atomic E-state index is 13.4. The number of pyridine rings is 1. The van der Waals surface area contributed by atoms with E-state index >= 15 is 0 Å². The molecule has 4 aromatic heterocycles. The molecule has 0 aliphatic heterocycles. The predicted molar refractivity (Wildman–Crippen MR) is 77.4 cm³/mol. The van der Waals surface area contributed by atoms with Crippen LogP contribution in [0.1, 0.15) is 5.69 Å². The Kier molecular flexibility index (Phi) is 2.80. The molecule has 0 atom stereocenters. The number of fused-ring (bicyclic) bond motifs is 2. The third kappa shape index (κ3) is 2.07. The van der Waals surface area contributed by atoms with Gasteiger partial charge in [0.1, 0.15) is 22.7 Å². The summed E-state index contributed by atoms with van der Waals surface area (Å²) in [7, 11) is 0. The van der Waals surface area contributed by atoms with Crippen LogP contribution < -0.4 is 5.73 Å². The molecule has 24 heavy (non-hydrogen) atoms. The summed E-state index contributed by atoms with van der Waals surface area (Å²) in [6.07, 6.45) is -2.14. The van der Waals surface area contributed by atoms with E-state index in [1.165, 1.54) is 18.3 Å². The van der Waals surface area contributed by atoms with Gasteiger partial charge in [0, 0.05) is 17.1 Å². The topological polar surface area (TPSA) is 84.9 Å². The first kappa shape index (κ1) is 14.4. The average molecular weight is 336 g/mol. The first-order valence-corrected chi connectivity index (χ1v) is 6.70. The Morgan fingerprint density at radius 2 is 2.00 bits per heavy atom. The summed E-state index contributed by atoms with van der Waals surface area (Å²) >= 11 is 0. The molecule has 3 N–H and O–H groups in total. The number of anilines is 1. The zero-order valence-electron chi connectivity index (χ0n) is 11.8. The Balaban J connectivity index is 2.01. The van der Waals surface area contributed by atoms with Crippen molar-refractivity contribution in [2.45, 2.75) is 6.18 Å².